The highest BCUT2D eigenvalue weighted by atomic mass is 19.1. The molecule has 0 radical (unpaired) electrons. The molecule has 1 amide bonds. The summed E-state index contributed by atoms with van der Waals surface area (Å²) in [4.78, 5) is 10.8. The fraction of sp³-hybridized carbons (Fsp3) is 0.300. The van der Waals surface area contributed by atoms with Gasteiger partial charge in [0, 0.05) is 1.43 Å². The minimum absolute atomic E-state index is 0. The maximum atomic E-state index is 13.5. The molecule has 0 heterocycles. The average molecular weight is 181 g/mol. The number of amides is 1. The molecule has 0 atom stereocenters. The molecular formula is C10H12FNO. The number of carbonyl (C=O) groups excluding carboxylic acids is 1. The Morgan fingerprint density at radius 1 is 1.54 bits per heavy atom. The van der Waals surface area contributed by atoms with Gasteiger partial charge in [0.2, 0.25) is 0 Å². The van der Waals surface area contributed by atoms with E-state index in [1.54, 1.807) is 12.1 Å². The summed E-state index contributed by atoms with van der Waals surface area (Å²) in [7, 11) is 0. The Morgan fingerprint density at radius 2 is 2.23 bits per heavy atom. The van der Waals surface area contributed by atoms with Crippen molar-refractivity contribution in [3.63, 3.8) is 0 Å². The zero-order chi connectivity index (χ0) is 9.42. The molecule has 0 saturated heterocycles. The fourth-order valence-electron chi connectivity index (χ4n) is 1.45. The maximum absolute atomic E-state index is 13.5. The van der Waals surface area contributed by atoms with Crippen LogP contribution in [-0.2, 0) is 0 Å². The van der Waals surface area contributed by atoms with Crippen molar-refractivity contribution >= 4 is 5.91 Å². The molecule has 0 unspecified atom stereocenters. The van der Waals surface area contributed by atoms with Crippen molar-refractivity contribution in [3.8, 4) is 0 Å². The Balaban J connectivity index is 0.000000980. The molecule has 1 saturated carbocycles. The van der Waals surface area contributed by atoms with Crippen molar-refractivity contribution in [2.24, 2.45) is 5.73 Å². The summed E-state index contributed by atoms with van der Waals surface area (Å²) >= 11 is 0. The zero-order valence-electron chi connectivity index (χ0n) is 7.09. The molecule has 1 aliphatic carbocycles. The minimum Gasteiger partial charge on any atom is -0.366 e. The predicted molar refractivity (Wildman–Crippen MR) is 49.0 cm³/mol. The van der Waals surface area contributed by atoms with E-state index in [1.807, 2.05) is 0 Å². The number of hydrogen-bond acceptors (Lipinski definition) is 1. The van der Waals surface area contributed by atoms with Crippen LogP contribution in [0.15, 0.2) is 18.2 Å². The lowest BCUT2D eigenvalue weighted by atomic mass is 10.1. The van der Waals surface area contributed by atoms with Crippen molar-refractivity contribution in [1.82, 2.24) is 0 Å². The third-order valence-corrected chi connectivity index (χ3v) is 2.31. The minimum atomic E-state index is -0.694. The standard InChI is InChI=1S/C10H10FNO.H2/c11-9-7(6-4-5-6)2-1-3-8(9)10(12)13;/h1-3,6H,4-5H2,(H2,12,13);1H. The Labute approximate surface area is 77.0 Å². The van der Waals surface area contributed by atoms with Gasteiger partial charge in [-0.1, -0.05) is 12.1 Å². The fourth-order valence-corrected chi connectivity index (χ4v) is 1.45. The van der Waals surface area contributed by atoms with E-state index >= 15 is 0 Å². The van der Waals surface area contributed by atoms with Crippen LogP contribution >= 0.6 is 0 Å². The van der Waals surface area contributed by atoms with Crippen LogP contribution in [0.1, 0.15) is 36.1 Å². The smallest absolute Gasteiger partial charge is 0.251 e. The van der Waals surface area contributed by atoms with Gasteiger partial charge in [0.05, 0.1) is 5.56 Å². The van der Waals surface area contributed by atoms with Gasteiger partial charge in [-0.2, -0.15) is 0 Å². The molecule has 0 spiro atoms. The lowest BCUT2D eigenvalue weighted by Gasteiger charge is -2.03. The summed E-state index contributed by atoms with van der Waals surface area (Å²) in [6.07, 6.45) is 2.03. The van der Waals surface area contributed by atoms with Crippen LogP contribution in [0.2, 0.25) is 0 Å². The molecule has 1 fully saturated rings. The van der Waals surface area contributed by atoms with Crippen molar-refractivity contribution in [3.05, 3.63) is 35.1 Å². The lowest BCUT2D eigenvalue weighted by Crippen LogP contribution is -2.13. The molecule has 0 aromatic heterocycles. The molecular weight excluding hydrogens is 169 g/mol. The highest BCUT2D eigenvalue weighted by Gasteiger charge is 2.27. The van der Waals surface area contributed by atoms with Gasteiger partial charge in [-0.3, -0.25) is 4.79 Å². The van der Waals surface area contributed by atoms with E-state index in [0.717, 1.165) is 12.8 Å². The van der Waals surface area contributed by atoms with E-state index in [4.69, 9.17) is 5.73 Å². The van der Waals surface area contributed by atoms with E-state index in [0.29, 0.717) is 11.5 Å². The molecule has 2 rings (SSSR count). The molecule has 0 bridgehead atoms. The number of hydrogen-bond donors (Lipinski definition) is 1. The number of benzene rings is 1. The van der Waals surface area contributed by atoms with Gasteiger partial charge in [0.15, 0.2) is 0 Å². The topological polar surface area (TPSA) is 43.1 Å². The van der Waals surface area contributed by atoms with Crippen LogP contribution in [0.25, 0.3) is 0 Å². The van der Waals surface area contributed by atoms with Crippen molar-refractivity contribution < 1.29 is 10.6 Å². The molecule has 1 aromatic carbocycles. The third kappa shape index (κ3) is 1.41. The van der Waals surface area contributed by atoms with Gasteiger partial charge in [-0.15, -0.1) is 0 Å². The highest BCUT2D eigenvalue weighted by molar-refractivity contribution is 5.93. The van der Waals surface area contributed by atoms with Gasteiger partial charge in [-0.25, -0.2) is 4.39 Å². The van der Waals surface area contributed by atoms with E-state index in [2.05, 4.69) is 0 Å². The SMILES string of the molecule is NC(=O)c1cccc(C2CC2)c1F.[HH]. The summed E-state index contributed by atoms with van der Waals surface area (Å²) in [5.41, 5.74) is 5.66. The summed E-state index contributed by atoms with van der Waals surface area (Å²) < 4.78 is 13.5. The van der Waals surface area contributed by atoms with Crippen LogP contribution in [0, 0.1) is 5.82 Å². The number of nitrogens with two attached hydrogens (primary N) is 1. The summed E-state index contributed by atoms with van der Waals surface area (Å²) in [5.74, 6) is -0.822. The van der Waals surface area contributed by atoms with Gasteiger partial charge >= 0.3 is 0 Å². The quantitative estimate of drug-likeness (QED) is 0.745. The maximum Gasteiger partial charge on any atom is 0.251 e. The molecule has 70 valence electrons. The molecule has 1 aromatic rings. The third-order valence-electron chi connectivity index (χ3n) is 2.31. The summed E-state index contributed by atoms with van der Waals surface area (Å²) in [5, 5.41) is 0. The molecule has 2 nitrogen and oxygen atoms in total. The van der Waals surface area contributed by atoms with Crippen LogP contribution in [0.5, 0.6) is 0 Å². The van der Waals surface area contributed by atoms with E-state index in [1.165, 1.54) is 6.07 Å². The van der Waals surface area contributed by atoms with E-state index < -0.39 is 11.7 Å². The molecule has 2 N–H and O–H groups in total. The van der Waals surface area contributed by atoms with Gasteiger partial charge in [0.25, 0.3) is 5.91 Å². The van der Waals surface area contributed by atoms with Gasteiger partial charge in [-0.05, 0) is 30.4 Å². The second-order valence-electron chi connectivity index (χ2n) is 3.35. The van der Waals surface area contributed by atoms with Crippen molar-refractivity contribution in [2.75, 3.05) is 0 Å². The Bertz CT molecular complexity index is 363. The Hall–Kier alpha value is -1.38. The number of rotatable bonds is 2. The van der Waals surface area contributed by atoms with Gasteiger partial charge in [0.1, 0.15) is 5.82 Å². The van der Waals surface area contributed by atoms with Crippen LogP contribution in [0.4, 0.5) is 4.39 Å². The molecule has 13 heavy (non-hydrogen) atoms. The highest BCUT2D eigenvalue weighted by Crippen LogP contribution is 2.41. The summed E-state index contributed by atoms with van der Waals surface area (Å²) in [6, 6.07) is 4.82. The summed E-state index contributed by atoms with van der Waals surface area (Å²) in [6.45, 7) is 0. The second-order valence-corrected chi connectivity index (χ2v) is 3.35. The van der Waals surface area contributed by atoms with Crippen molar-refractivity contribution in [1.29, 1.82) is 0 Å². The Kier molecular flexibility index (Phi) is 1.79. The number of halogens is 1. The molecule has 1 aliphatic rings. The van der Waals surface area contributed by atoms with Gasteiger partial charge < -0.3 is 5.73 Å². The lowest BCUT2D eigenvalue weighted by molar-refractivity contribution is 0.0996. The largest absolute Gasteiger partial charge is 0.366 e. The molecule has 0 aliphatic heterocycles. The second kappa shape index (κ2) is 2.83. The zero-order valence-corrected chi connectivity index (χ0v) is 7.09. The van der Waals surface area contributed by atoms with Crippen LogP contribution < -0.4 is 5.73 Å². The van der Waals surface area contributed by atoms with Crippen LogP contribution in [0.3, 0.4) is 0 Å². The Morgan fingerprint density at radius 3 is 2.77 bits per heavy atom. The first kappa shape index (κ1) is 8.23. The first-order valence-corrected chi connectivity index (χ1v) is 4.28. The predicted octanol–water partition coefficient (Wildman–Crippen LogP) is 2.05. The first-order valence-electron chi connectivity index (χ1n) is 4.28. The molecule has 3 heteroatoms. The van der Waals surface area contributed by atoms with Crippen molar-refractivity contribution in [2.45, 2.75) is 18.8 Å². The van der Waals surface area contributed by atoms with E-state index in [9.17, 15) is 9.18 Å². The average Bonchev–Trinajstić information content (AvgIpc) is 2.87. The van der Waals surface area contributed by atoms with Crippen LogP contribution in [-0.4, -0.2) is 5.91 Å². The van der Waals surface area contributed by atoms with E-state index in [-0.39, 0.29) is 6.99 Å². The number of primary amides is 1. The normalized spacial score (nSPS) is 15.8. The monoisotopic (exact) mass is 181 g/mol. The number of carbonyl (C=O) groups is 1. The first-order chi connectivity index (χ1) is 6.20.